The Balaban J connectivity index is 1.70. The first-order valence-corrected chi connectivity index (χ1v) is 9.28. The van der Waals surface area contributed by atoms with Gasteiger partial charge in [-0.25, -0.2) is 9.97 Å². The Morgan fingerprint density at radius 1 is 1.11 bits per heavy atom. The van der Waals surface area contributed by atoms with Crippen LogP contribution < -0.4 is 15.4 Å². The highest BCUT2D eigenvalue weighted by Crippen LogP contribution is 2.27. The lowest BCUT2D eigenvalue weighted by atomic mass is 10.2. The summed E-state index contributed by atoms with van der Waals surface area (Å²) in [4.78, 5) is 20.9. The van der Waals surface area contributed by atoms with Crippen molar-refractivity contribution in [3.63, 3.8) is 0 Å². The van der Waals surface area contributed by atoms with Crippen molar-refractivity contribution in [1.29, 1.82) is 0 Å². The van der Waals surface area contributed by atoms with E-state index in [-0.39, 0.29) is 17.7 Å². The number of carbonyl (C=O) groups is 1. The summed E-state index contributed by atoms with van der Waals surface area (Å²) in [7, 11) is 0. The first-order chi connectivity index (χ1) is 13.5. The van der Waals surface area contributed by atoms with Crippen LogP contribution in [0.15, 0.2) is 60.8 Å². The molecule has 3 rings (SSSR count). The molecule has 0 fully saturated rings. The Morgan fingerprint density at radius 2 is 1.86 bits per heavy atom. The van der Waals surface area contributed by atoms with Crippen LogP contribution in [-0.4, -0.2) is 22.0 Å². The molecule has 6 nitrogen and oxygen atoms in total. The molecular formula is C21H21ClN4O2. The van der Waals surface area contributed by atoms with Crippen molar-refractivity contribution >= 4 is 29.1 Å². The fraction of sp³-hybridized carbons (Fsp3) is 0.190. The Morgan fingerprint density at radius 3 is 2.64 bits per heavy atom. The Kier molecular flexibility index (Phi) is 6.45. The van der Waals surface area contributed by atoms with Crippen molar-refractivity contribution in [3.8, 4) is 5.75 Å². The van der Waals surface area contributed by atoms with Gasteiger partial charge in [0.25, 0.3) is 5.91 Å². The van der Waals surface area contributed by atoms with Crippen LogP contribution in [0, 0.1) is 0 Å². The number of hydrogen-bond acceptors (Lipinski definition) is 5. The van der Waals surface area contributed by atoms with E-state index in [1.54, 1.807) is 12.1 Å². The minimum Gasteiger partial charge on any atom is -0.489 e. The fourth-order valence-electron chi connectivity index (χ4n) is 2.50. The number of anilines is 2. The van der Waals surface area contributed by atoms with Gasteiger partial charge in [0.05, 0.1) is 11.8 Å². The van der Waals surface area contributed by atoms with Crippen LogP contribution in [0.1, 0.15) is 29.9 Å². The predicted octanol–water partition coefficient (Wildman–Crippen LogP) is 4.59. The van der Waals surface area contributed by atoms with E-state index in [1.807, 2.05) is 56.3 Å². The Labute approximate surface area is 168 Å². The van der Waals surface area contributed by atoms with Gasteiger partial charge >= 0.3 is 0 Å². The highest BCUT2D eigenvalue weighted by Gasteiger charge is 2.11. The first-order valence-electron chi connectivity index (χ1n) is 8.90. The first kappa shape index (κ1) is 19.6. The minimum absolute atomic E-state index is 0.0331. The van der Waals surface area contributed by atoms with Gasteiger partial charge in [0.15, 0.2) is 0 Å². The number of rotatable bonds is 7. The molecule has 0 saturated carbocycles. The van der Waals surface area contributed by atoms with Crippen LogP contribution in [0.5, 0.6) is 5.75 Å². The number of amides is 1. The zero-order chi connectivity index (χ0) is 19.9. The van der Waals surface area contributed by atoms with E-state index in [1.165, 1.54) is 6.20 Å². The van der Waals surface area contributed by atoms with Crippen molar-refractivity contribution in [2.45, 2.75) is 26.5 Å². The van der Waals surface area contributed by atoms with Gasteiger partial charge in [-0.2, -0.15) is 0 Å². The lowest BCUT2D eigenvalue weighted by molar-refractivity contribution is 0.0946. The molecule has 0 spiro atoms. The lowest BCUT2D eigenvalue weighted by Gasteiger charge is -2.14. The fourth-order valence-corrected chi connectivity index (χ4v) is 2.70. The third kappa shape index (κ3) is 5.20. The van der Waals surface area contributed by atoms with Crippen molar-refractivity contribution in [2.24, 2.45) is 0 Å². The van der Waals surface area contributed by atoms with E-state index in [2.05, 4.69) is 20.6 Å². The maximum atomic E-state index is 12.4. The largest absolute Gasteiger partial charge is 0.489 e. The molecule has 0 radical (unpaired) electrons. The highest BCUT2D eigenvalue weighted by atomic mass is 35.5. The number of benzene rings is 2. The molecule has 1 aromatic heterocycles. The average molecular weight is 397 g/mol. The van der Waals surface area contributed by atoms with Crippen molar-refractivity contribution in [1.82, 2.24) is 15.3 Å². The summed E-state index contributed by atoms with van der Waals surface area (Å²) in [6.45, 7) is 4.23. The Bertz CT molecular complexity index is 962. The minimum atomic E-state index is -0.308. The van der Waals surface area contributed by atoms with Gasteiger partial charge in [-0.05, 0) is 43.7 Å². The number of nitrogens with one attached hydrogen (secondary N) is 2. The average Bonchev–Trinajstić information content (AvgIpc) is 2.68. The number of para-hydroxylation sites is 2. The molecule has 2 aromatic carbocycles. The summed E-state index contributed by atoms with van der Waals surface area (Å²) in [5.41, 5.74) is 1.82. The van der Waals surface area contributed by atoms with E-state index in [4.69, 9.17) is 16.3 Å². The quantitative estimate of drug-likeness (QED) is 0.610. The van der Waals surface area contributed by atoms with Crippen molar-refractivity contribution in [3.05, 3.63) is 77.1 Å². The molecule has 0 aliphatic carbocycles. The van der Waals surface area contributed by atoms with E-state index < -0.39 is 0 Å². The standard InChI is InChI=1S/C21H21ClN4O2/c1-14(2)28-19-10-6-5-9-17(19)25-21-23-12-11-18(26-21)20(27)24-13-15-7-3-4-8-16(15)22/h3-12,14H,13H2,1-2H3,(H,24,27)(H,23,25,26). The summed E-state index contributed by atoms with van der Waals surface area (Å²) < 4.78 is 5.78. The molecule has 0 aliphatic heterocycles. The third-order valence-corrected chi connectivity index (χ3v) is 4.15. The second kappa shape index (κ2) is 9.19. The number of carbonyl (C=O) groups excluding carboxylic acids is 1. The second-order valence-corrected chi connectivity index (χ2v) is 6.73. The monoisotopic (exact) mass is 396 g/mol. The van der Waals surface area contributed by atoms with Crippen LogP contribution >= 0.6 is 11.6 Å². The molecule has 144 valence electrons. The molecule has 28 heavy (non-hydrogen) atoms. The van der Waals surface area contributed by atoms with Crippen molar-refractivity contribution < 1.29 is 9.53 Å². The number of halogens is 1. The van der Waals surface area contributed by atoms with Gasteiger partial charge in [0, 0.05) is 17.8 Å². The van der Waals surface area contributed by atoms with Gasteiger partial charge in [0.2, 0.25) is 5.95 Å². The topological polar surface area (TPSA) is 76.1 Å². The van der Waals surface area contributed by atoms with Crippen LogP contribution in [0.2, 0.25) is 5.02 Å². The summed E-state index contributed by atoms with van der Waals surface area (Å²) in [5, 5.41) is 6.53. The smallest absolute Gasteiger partial charge is 0.270 e. The SMILES string of the molecule is CC(C)Oc1ccccc1Nc1nccc(C(=O)NCc2ccccc2Cl)n1. The van der Waals surface area contributed by atoms with E-state index in [0.717, 1.165) is 11.3 Å². The molecule has 2 N–H and O–H groups in total. The zero-order valence-corrected chi connectivity index (χ0v) is 16.4. The molecule has 7 heteroatoms. The Hall–Kier alpha value is -3.12. The number of nitrogens with zero attached hydrogens (tertiary/aromatic N) is 2. The number of aromatic nitrogens is 2. The zero-order valence-electron chi connectivity index (χ0n) is 15.6. The van der Waals surface area contributed by atoms with Crippen LogP contribution in [-0.2, 0) is 6.54 Å². The summed E-state index contributed by atoms with van der Waals surface area (Å²) in [5.74, 6) is 0.692. The van der Waals surface area contributed by atoms with Crippen molar-refractivity contribution in [2.75, 3.05) is 5.32 Å². The molecule has 0 saturated heterocycles. The maximum absolute atomic E-state index is 12.4. The number of hydrogen-bond donors (Lipinski definition) is 2. The molecule has 3 aromatic rings. The number of ether oxygens (including phenoxy) is 1. The van der Waals surface area contributed by atoms with Gasteiger partial charge in [0.1, 0.15) is 11.4 Å². The predicted molar refractivity (Wildman–Crippen MR) is 110 cm³/mol. The van der Waals surface area contributed by atoms with Crippen LogP contribution in [0.4, 0.5) is 11.6 Å². The summed E-state index contributed by atoms with van der Waals surface area (Å²) in [6, 6.07) is 16.4. The van der Waals surface area contributed by atoms with E-state index >= 15 is 0 Å². The van der Waals surface area contributed by atoms with Gasteiger partial charge in [-0.3, -0.25) is 4.79 Å². The maximum Gasteiger partial charge on any atom is 0.270 e. The van der Waals surface area contributed by atoms with E-state index in [0.29, 0.717) is 23.3 Å². The van der Waals surface area contributed by atoms with Gasteiger partial charge in [-0.15, -0.1) is 0 Å². The molecule has 0 aliphatic rings. The molecule has 1 amide bonds. The normalized spacial score (nSPS) is 10.6. The summed E-state index contributed by atoms with van der Waals surface area (Å²) >= 11 is 6.12. The third-order valence-electron chi connectivity index (χ3n) is 3.78. The van der Waals surface area contributed by atoms with Crippen LogP contribution in [0.3, 0.4) is 0 Å². The summed E-state index contributed by atoms with van der Waals surface area (Å²) in [6.07, 6.45) is 1.57. The lowest BCUT2D eigenvalue weighted by Crippen LogP contribution is -2.24. The molecule has 0 atom stereocenters. The van der Waals surface area contributed by atoms with E-state index in [9.17, 15) is 4.79 Å². The second-order valence-electron chi connectivity index (χ2n) is 6.33. The highest BCUT2D eigenvalue weighted by molar-refractivity contribution is 6.31. The van der Waals surface area contributed by atoms with Gasteiger partial charge in [-0.1, -0.05) is 41.9 Å². The van der Waals surface area contributed by atoms with Crippen LogP contribution in [0.25, 0.3) is 0 Å². The molecule has 1 heterocycles. The van der Waals surface area contributed by atoms with Gasteiger partial charge < -0.3 is 15.4 Å². The molecule has 0 unspecified atom stereocenters. The molecule has 0 bridgehead atoms. The molecular weight excluding hydrogens is 376 g/mol.